The Balaban J connectivity index is 1.36. The van der Waals surface area contributed by atoms with E-state index in [0.717, 1.165) is 19.5 Å². The molecule has 0 bridgehead atoms. The second-order valence-electron chi connectivity index (χ2n) is 7.69. The normalized spacial score (nSPS) is 20.3. The van der Waals surface area contributed by atoms with E-state index in [2.05, 4.69) is 22.3 Å². The van der Waals surface area contributed by atoms with Gasteiger partial charge in [-0.25, -0.2) is 8.42 Å². The minimum Gasteiger partial charge on any atom is -0.379 e. The average molecular weight is 430 g/mol. The second-order valence-corrected chi connectivity index (χ2v) is 9.63. The number of nitrogens with one attached hydrogen (secondary N) is 1. The molecule has 2 heterocycles. The van der Waals surface area contributed by atoms with Crippen molar-refractivity contribution in [2.45, 2.75) is 11.3 Å². The first-order valence-electron chi connectivity index (χ1n) is 10.3. The Morgan fingerprint density at radius 2 is 1.80 bits per heavy atom. The quantitative estimate of drug-likeness (QED) is 0.760. The van der Waals surface area contributed by atoms with Crippen molar-refractivity contribution in [2.24, 2.45) is 5.92 Å². The van der Waals surface area contributed by atoms with E-state index in [1.54, 1.807) is 12.1 Å². The molecule has 0 saturated carbocycles. The molecule has 2 aliphatic heterocycles. The average Bonchev–Trinajstić information content (AvgIpc) is 3.28. The van der Waals surface area contributed by atoms with E-state index in [4.69, 9.17) is 4.74 Å². The van der Waals surface area contributed by atoms with Crippen LogP contribution in [0.1, 0.15) is 16.8 Å². The lowest BCUT2D eigenvalue weighted by atomic mass is 10.1. The molecule has 0 aliphatic carbocycles. The Morgan fingerprint density at radius 3 is 2.57 bits per heavy atom. The number of rotatable bonds is 6. The zero-order valence-electron chi connectivity index (χ0n) is 16.9. The number of morpholine rings is 1. The van der Waals surface area contributed by atoms with E-state index < -0.39 is 10.0 Å². The number of carbonyl (C=O) groups excluding carboxylic acids is 1. The highest BCUT2D eigenvalue weighted by molar-refractivity contribution is 7.89. The lowest BCUT2D eigenvalue weighted by molar-refractivity contribution is 0.0730. The van der Waals surface area contributed by atoms with Gasteiger partial charge in [0.2, 0.25) is 10.0 Å². The van der Waals surface area contributed by atoms with E-state index in [-0.39, 0.29) is 10.8 Å². The molecule has 1 atom stereocenters. The zero-order chi connectivity index (χ0) is 21.0. The molecule has 2 fully saturated rings. The summed E-state index contributed by atoms with van der Waals surface area (Å²) in [5.74, 6) is 0.126. The summed E-state index contributed by atoms with van der Waals surface area (Å²) < 4.78 is 32.3. The van der Waals surface area contributed by atoms with Gasteiger partial charge in [0.05, 0.1) is 18.1 Å². The van der Waals surface area contributed by atoms with Crippen LogP contribution in [0.3, 0.4) is 0 Å². The lowest BCUT2D eigenvalue weighted by Gasteiger charge is -2.26. The van der Waals surface area contributed by atoms with Gasteiger partial charge in [0, 0.05) is 44.0 Å². The first-order chi connectivity index (χ1) is 14.5. The van der Waals surface area contributed by atoms with Crippen LogP contribution in [0, 0.1) is 5.92 Å². The van der Waals surface area contributed by atoms with Crippen LogP contribution in [0.4, 0.5) is 5.69 Å². The van der Waals surface area contributed by atoms with E-state index in [0.29, 0.717) is 44.3 Å². The SMILES string of the molecule is O=C(NCC1CCN(c2ccccc2)C1)c1cccc(S(=O)(=O)N2CCOCC2)c1. The zero-order valence-corrected chi connectivity index (χ0v) is 17.7. The van der Waals surface area contributed by atoms with Gasteiger partial charge < -0.3 is 15.0 Å². The van der Waals surface area contributed by atoms with Gasteiger partial charge in [-0.2, -0.15) is 4.31 Å². The van der Waals surface area contributed by atoms with Gasteiger partial charge in [-0.15, -0.1) is 0 Å². The lowest BCUT2D eigenvalue weighted by Crippen LogP contribution is -2.40. The van der Waals surface area contributed by atoms with Crippen molar-refractivity contribution in [1.29, 1.82) is 0 Å². The maximum Gasteiger partial charge on any atom is 0.251 e. The molecule has 0 radical (unpaired) electrons. The number of amides is 1. The monoisotopic (exact) mass is 429 g/mol. The van der Waals surface area contributed by atoms with Crippen molar-refractivity contribution in [3.63, 3.8) is 0 Å². The molecule has 7 nitrogen and oxygen atoms in total. The van der Waals surface area contributed by atoms with E-state index in [9.17, 15) is 13.2 Å². The summed E-state index contributed by atoms with van der Waals surface area (Å²) in [6, 6.07) is 16.5. The molecule has 30 heavy (non-hydrogen) atoms. The molecule has 2 aromatic carbocycles. The molecule has 1 N–H and O–H groups in total. The van der Waals surface area contributed by atoms with Crippen LogP contribution in [0.25, 0.3) is 0 Å². The maximum atomic E-state index is 12.8. The second kappa shape index (κ2) is 9.16. The Morgan fingerprint density at radius 1 is 1.03 bits per heavy atom. The molecule has 0 spiro atoms. The van der Waals surface area contributed by atoms with Gasteiger partial charge in [0.25, 0.3) is 5.91 Å². The number of benzene rings is 2. The van der Waals surface area contributed by atoms with Gasteiger partial charge in [0.15, 0.2) is 0 Å². The molecule has 2 saturated heterocycles. The van der Waals surface area contributed by atoms with Gasteiger partial charge in [-0.1, -0.05) is 24.3 Å². The number of anilines is 1. The van der Waals surface area contributed by atoms with Gasteiger partial charge in [-0.05, 0) is 42.7 Å². The van der Waals surface area contributed by atoms with Crippen LogP contribution in [0.5, 0.6) is 0 Å². The Kier molecular flexibility index (Phi) is 6.36. The highest BCUT2D eigenvalue weighted by atomic mass is 32.2. The minimum absolute atomic E-state index is 0.146. The number of sulfonamides is 1. The molecule has 1 amide bonds. The van der Waals surface area contributed by atoms with Crippen molar-refractivity contribution in [3.8, 4) is 0 Å². The molecule has 1 unspecified atom stereocenters. The van der Waals surface area contributed by atoms with Gasteiger partial charge in [-0.3, -0.25) is 4.79 Å². The van der Waals surface area contributed by atoms with Crippen LogP contribution >= 0.6 is 0 Å². The van der Waals surface area contributed by atoms with Crippen LogP contribution in [-0.4, -0.2) is 64.6 Å². The highest BCUT2D eigenvalue weighted by Gasteiger charge is 2.27. The minimum atomic E-state index is -3.62. The molecular weight excluding hydrogens is 402 g/mol. The predicted molar refractivity (Wildman–Crippen MR) is 115 cm³/mol. The Bertz CT molecular complexity index is 975. The fraction of sp³-hybridized carbons (Fsp3) is 0.409. The van der Waals surface area contributed by atoms with E-state index in [1.165, 1.54) is 22.1 Å². The Labute approximate surface area is 177 Å². The molecule has 2 aromatic rings. The summed E-state index contributed by atoms with van der Waals surface area (Å²) in [4.78, 5) is 15.1. The summed E-state index contributed by atoms with van der Waals surface area (Å²) in [5.41, 5.74) is 1.56. The van der Waals surface area contributed by atoms with Crippen LogP contribution in [-0.2, 0) is 14.8 Å². The summed E-state index contributed by atoms with van der Waals surface area (Å²) in [5, 5.41) is 2.98. The number of para-hydroxylation sites is 1. The van der Waals surface area contributed by atoms with Crippen molar-refractivity contribution in [3.05, 3.63) is 60.2 Å². The molecule has 0 aromatic heterocycles. The van der Waals surface area contributed by atoms with Crippen molar-refractivity contribution < 1.29 is 17.9 Å². The third-order valence-corrected chi connectivity index (χ3v) is 7.56. The van der Waals surface area contributed by atoms with Crippen molar-refractivity contribution >= 4 is 21.6 Å². The van der Waals surface area contributed by atoms with Crippen LogP contribution in [0.15, 0.2) is 59.5 Å². The largest absolute Gasteiger partial charge is 0.379 e. The van der Waals surface area contributed by atoms with Gasteiger partial charge in [0.1, 0.15) is 0 Å². The number of hydrogen-bond acceptors (Lipinski definition) is 5. The molecule has 4 rings (SSSR count). The molecule has 160 valence electrons. The first kappa shape index (κ1) is 20.8. The molecule has 2 aliphatic rings. The highest BCUT2D eigenvalue weighted by Crippen LogP contribution is 2.23. The summed E-state index contributed by atoms with van der Waals surface area (Å²) in [6.07, 6.45) is 1.01. The Hall–Kier alpha value is -2.42. The summed E-state index contributed by atoms with van der Waals surface area (Å²) in [7, 11) is -3.62. The van der Waals surface area contributed by atoms with E-state index >= 15 is 0 Å². The fourth-order valence-corrected chi connectivity index (χ4v) is 5.40. The topological polar surface area (TPSA) is 79.0 Å². The predicted octanol–water partition coefficient (Wildman–Crippen LogP) is 1.96. The van der Waals surface area contributed by atoms with Gasteiger partial charge >= 0.3 is 0 Å². The molecular formula is C22H27N3O4S. The maximum absolute atomic E-state index is 12.8. The summed E-state index contributed by atoms with van der Waals surface area (Å²) in [6.45, 7) is 3.88. The number of carbonyl (C=O) groups is 1. The molecule has 8 heteroatoms. The third kappa shape index (κ3) is 4.66. The fourth-order valence-electron chi connectivity index (χ4n) is 3.95. The van der Waals surface area contributed by atoms with E-state index in [1.807, 2.05) is 18.2 Å². The first-order valence-corrected chi connectivity index (χ1v) is 11.7. The van der Waals surface area contributed by atoms with Crippen molar-refractivity contribution in [2.75, 3.05) is 50.8 Å². The number of nitrogens with zero attached hydrogens (tertiary/aromatic N) is 2. The standard InChI is InChI=1S/C22H27N3O4S/c26-22(23-16-18-9-10-24(17-18)20-6-2-1-3-7-20)19-5-4-8-21(15-19)30(27,28)25-11-13-29-14-12-25/h1-8,15,18H,9-14,16-17H2,(H,23,26). The number of ether oxygens (including phenoxy) is 1. The third-order valence-electron chi connectivity index (χ3n) is 5.66. The van der Waals surface area contributed by atoms with Crippen LogP contribution in [0.2, 0.25) is 0 Å². The summed E-state index contributed by atoms with van der Waals surface area (Å²) >= 11 is 0. The number of hydrogen-bond donors (Lipinski definition) is 1. The van der Waals surface area contributed by atoms with Crippen LogP contribution < -0.4 is 10.2 Å². The van der Waals surface area contributed by atoms with Crippen molar-refractivity contribution in [1.82, 2.24) is 9.62 Å². The smallest absolute Gasteiger partial charge is 0.251 e.